The molecule has 1 heterocycles. The van der Waals surface area contributed by atoms with Crippen LogP contribution >= 0.6 is 0 Å². The number of rotatable bonds is 10. The molecule has 206 valence electrons. The van der Waals surface area contributed by atoms with Gasteiger partial charge in [0.05, 0.1) is 23.6 Å². The van der Waals surface area contributed by atoms with Gasteiger partial charge in [-0.1, -0.05) is 50.2 Å². The summed E-state index contributed by atoms with van der Waals surface area (Å²) in [5.41, 5.74) is -0.184. The van der Waals surface area contributed by atoms with E-state index in [0.717, 1.165) is 12.3 Å². The Morgan fingerprint density at radius 1 is 1.13 bits per heavy atom. The van der Waals surface area contributed by atoms with Crippen LogP contribution < -0.4 is 10.2 Å². The Bertz CT molecular complexity index is 1280. The molecule has 3 rings (SSSR count). The van der Waals surface area contributed by atoms with Gasteiger partial charge >= 0.3 is 6.11 Å². The van der Waals surface area contributed by atoms with Crippen molar-refractivity contribution in [3.05, 3.63) is 53.8 Å². The molecule has 1 unspecified atom stereocenters. The summed E-state index contributed by atoms with van der Waals surface area (Å²) >= 11 is 0. The van der Waals surface area contributed by atoms with Crippen LogP contribution in [-0.4, -0.2) is 63.7 Å². The molecule has 0 spiro atoms. The summed E-state index contributed by atoms with van der Waals surface area (Å²) in [6, 6.07) is 12.7. The van der Waals surface area contributed by atoms with Crippen LogP contribution in [0.3, 0.4) is 0 Å². The zero-order valence-electron chi connectivity index (χ0n) is 21.5. The highest BCUT2D eigenvalue weighted by Crippen LogP contribution is 2.42. The SMILES string of the molecule is CC(C)CC(OC(F)(F)c1ccc(-c2ccccc2)c(N2CCN(S(C)(=O)=O)CC2)c1F)C(=O)NCC#N. The molecular weight excluding hydrogens is 521 g/mol. The van der Waals surface area contributed by atoms with E-state index in [2.05, 4.69) is 5.32 Å². The Morgan fingerprint density at radius 3 is 2.32 bits per heavy atom. The smallest absolute Gasteiger partial charge is 0.366 e. The highest BCUT2D eigenvalue weighted by atomic mass is 32.2. The van der Waals surface area contributed by atoms with E-state index < -0.39 is 39.5 Å². The maximum atomic E-state index is 16.1. The summed E-state index contributed by atoms with van der Waals surface area (Å²) in [7, 11) is -3.46. The highest BCUT2D eigenvalue weighted by Gasteiger charge is 2.43. The maximum Gasteiger partial charge on any atom is 0.386 e. The third-order valence-electron chi connectivity index (χ3n) is 6.15. The monoisotopic (exact) mass is 552 g/mol. The van der Waals surface area contributed by atoms with Crippen molar-refractivity contribution in [3.8, 4) is 17.2 Å². The molecule has 1 saturated heterocycles. The number of carbonyl (C=O) groups is 1. The van der Waals surface area contributed by atoms with Gasteiger partial charge in [-0.3, -0.25) is 4.79 Å². The summed E-state index contributed by atoms with van der Waals surface area (Å²) in [5.74, 6) is -2.31. The van der Waals surface area contributed by atoms with Crippen molar-refractivity contribution < 1.29 is 31.1 Å². The van der Waals surface area contributed by atoms with Gasteiger partial charge in [0.25, 0.3) is 0 Å². The topological polar surface area (TPSA) is 103 Å². The Balaban J connectivity index is 2.03. The number of sulfonamides is 1. The van der Waals surface area contributed by atoms with Crippen molar-refractivity contribution in [3.63, 3.8) is 0 Å². The summed E-state index contributed by atoms with van der Waals surface area (Å²) in [5, 5.41) is 10.9. The van der Waals surface area contributed by atoms with Gasteiger partial charge in [-0.2, -0.15) is 18.3 Å². The van der Waals surface area contributed by atoms with Crippen LogP contribution in [-0.2, 0) is 25.7 Å². The molecule has 1 aliphatic heterocycles. The van der Waals surface area contributed by atoms with Crippen molar-refractivity contribution in [2.75, 3.05) is 43.9 Å². The van der Waals surface area contributed by atoms with E-state index in [9.17, 15) is 13.2 Å². The number of amides is 1. The maximum absolute atomic E-state index is 16.1. The summed E-state index contributed by atoms with van der Waals surface area (Å²) in [6.45, 7) is 3.37. The van der Waals surface area contributed by atoms with Gasteiger partial charge in [-0.05, 0) is 24.0 Å². The lowest BCUT2D eigenvalue weighted by Crippen LogP contribution is -2.49. The molecule has 1 aliphatic rings. The zero-order chi connectivity index (χ0) is 28.1. The number of nitrogens with one attached hydrogen (secondary N) is 1. The van der Waals surface area contributed by atoms with Gasteiger partial charge in [0.1, 0.15) is 12.6 Å². The number of halogens is 3. The highest BCUT2D eigenvalue weighted by molar-refractivity contribution is 7.88. The lowest BCUT2D eigenvalue weighted by Gasteiger charge is -2.36. The first-order chi connectivity index (χ1) is 17.8. The molecule has 0 aromatic heterocycles. The Hall–Kier alpha value is -3.14. The molecule has 0 aliphatic carbocycles. The summed E-state index contributed by atoms with van der Waals surface area (Å²) < 4.78 is 77.1. The number of nitrogens with zero attached hydrogens (tertiary/aromatic N) is 3. The third-order valence-corrected chi connectivity index (χ3v) is 7.45. The number of ether oxygens (including phenoxy) is 1. The molecule has 0 saturated carbocycles. The van der Waals surface area contributed by atoms with Crippen LogP contribution in [0.25, 0.3) is 11.1 Å². The first kappa shape index (κ1) is 29.4. The number of nitriles is 1. The number of piperazine rings is 1. The largest absolute Gasteiger partial charge is 0.386 e. The average molecular weight is 553 g/mol. The van der Waals surface area contributed by atoms with Gasteiger partial charge in [0.15, 0.2) is 5.82 Å². The minimum absolute atomic E-state index is 0.0686. The van der Waals surface area contributed by atoms with Gasteiger partial charge in [0, 0.05) is 31.7 Å². The van der Waals surface area contributed by atoms with Crippen LogP contribution in [0.4, 0.5) is 18.9 Å². The van der Waals surface area contributed by atoms with Crippen molar-refractivity contribution in [1.29, 1.82) is 5.26 Å². The lowest BCUT2D eigenvalue weighted by molar-refractivity contribution is -0.272. The second kappa shape index (κ2) is 12.1. The summed E-state index contributed by atoms with van der Waals surface area (Å²) in [4.78, 5) is 14.0. The van der Waals surface area contributed by atoms with E-state index in [4.69, 9.17) is 10.00 Å². The number of carbonyl (C=O) groups excluding carboxylic acids is 1. The quantitative estimate of drug-likeness (QED) is 0.451. The molecular formula is C26H31F3N4O4S. The molecule has 38 heavy (non-hydrogen) atoms. The van der Waals surface area contributed by atoms with Crippen molar-refractivity contribution in [1.82, 2.24) is 9.62 Å². The molecule has 1 atom stereocenters. The fourth-order valence-electron chi connectivity index (χ4n) is 4.31. The van der Waals surface area contributed by atoms with Crippen LogP contribution in [0.15, 0.2) is 42.5 Å². The van der Waals surface area contributed by atoms with Crippen LogP contribution in [0.1, 0.15) is 25.8 Å². The van der Waals surface area contributed by atoms with E-state index in [0.29, 0.717) is 11.1 Å². The molecule has 0 radical (unpaired) electrons. The molecule has 8 nitrogen and oxygen atoms in total. The number of hydrogen-bond acceptors (Lipinski definition) is 6. The fraction of sp³-hybridized carbons (Fsp3) is 0.462. The minimum atomic E-state index is -4.17. The Morgan fingerprint density at radius 2 is 1.76 bits per heavy atom. The number of hydrogen-bond donors (Lipinski definition) is 1. The van der Waals surface area contributed by atoms with Crippen LogP contribution in [0, 0.1) is 23.1 Å². The normalized spacial score (nSPS) is 15.8. The van der Waals surface area contributed by atoms with Crippen molar-refractivity contribution >= 4 is 21.6 Å². The van der Waals surface area contributed by atoms with E-state index in [1.165, 1.54) is 10.4 Å². The third kappa shape index (κ3) is 7.03. The molecule has 1 fully saturated rings. The van der Waals surface area contributed by atoms with E-state index in [1.807, 2.05) is 0 Å². The first-order valence-corrected chi connectivity index (χ1v) is 14.0. The van der Waals surface area contributed by atoms with Gasteiger partial charge in [0.2, 0.25) is 15.9 Å². The molecule has 2 aromatic carbocycles. The first-order valence-electron chi connectivity index (χ1n) is 12.1. The lowest BCUT2D eigenvalue weighted by atomic mass is 9.98. The molecule has 1 amide bonds. The molecule has 12 heteroatoms. The van der Waals surface area contributed by atoms with Gasteiger partial charge in [-0.15, -0.1) is 0 Å². The number of alkyl halides is 2. The zero-order valence-corrected chi connectivity index (χ0v) is 22.3. The van der Waals surface area contributed by atoms with Gasteiger partial charge in [-0.25, -0.2) is 12.8 Å². The second-order valence-electron chi connectivity index (χ2n) is 9.47. The van der Waals surface area contributed by atoms with E-state index in [1.54, 1.807) is 55.1 Å². The number of benzene rings is 2. The Kier molecular flexibility index (Phi) is 9.40. The van der Waals surface area contributed by atoms with E-state index >= 15 is 13.2 Å². The average Bonchev–Trinajstić information content (AvgIpc) is 2.86. The molecule has 1 N–H and O–H groups in total. The standard InChI is InChI=1S/C26H31F3N4O4S/c1-18(2)17-22(25(34)31-12-11-30)37-26(28,29)21-10-9-20(19-7-5-4-6-8-19)24(23(21)27)32-13-15-33(16-14-32)38(3,35)36/h4-10,18,22H,12-17H2,1-3H3,(H,31,34). The van der Waals surface area contributed by atoms with E-state index in [-0.39, 0.29) is 50.7 Å². The predicted molar refractivity (Wildman–Crippen MR) is 137 cm³/mol. The van der Waals surface area contributed by atoms with Crippen LogP contribution in [0.5, 0.6) is 0 Å². The van der Waals surface area contributed by atoms with Gasteiger partial charge < -0.3 is 15.0 Å². The molecule has 2 aromatic rings. The second-order valence-corrected chi connectivity index (χ2v) is 11.4. The summed E-state index contributed by atoms with van der Waals surface area (Å²) in [6.07, 6.45) is -4.78. The fourth-order valence-corrected chi connectivity index (χ4v) is 5.14. The number of anilines is 1. The van der Waals surface area contributed by atoms with Crippen LogP contribution in [0.2, 0.25) is 0 Å². The Labute approximate surface area is 221 Å². The molecule has 0 bridgehead atoms. The van der Waals surface area contributed by atoms with Crippen molar-refractivity contribution in [2.24, 2.45) is 5.92 Å². The minimum Gasteiger partial charge on any atom is -0.366 e. The predicted octanol–water partition coefficient (Wildman–Crippen LogP) is 3.69. The van der Waals surface area contributed by atoms with Crippen molar-refractivity contribution in [2.45, 2.75) is 32.5 Å².